The average Bonchev–Trinajstić information content (AvgIpc) is 4.07. The van der Waals surface area contributed by atoms with Crippen LogP contribution in [0.3, 0.4) is 0 Å². The highest BCUT2D eigenvalue weighted by atomic mass is 15.0. The molecule has 15 rings (SSSR count). The van der Waals surface area contributed by atoms with Crippen molar-refractivity contribution < 1.29 is 0 Å². The summed E-state index contributed by atoms with van der Waals surface area (Å²) < 4.78 is 5.02. The Bertz CT molecular complexity index is 3770. The van der Waals surface area contributed by atoms with Gasteiger partial charge >= 0.3 is 0 Å². The van der Waals surface area contributed by atoms with E-state index in [0.717, 1.165) is 12.8 Å². The highest BCUT2D eigenvalue weighted by Gasteiger charge is 2.59. The maximum absolute atomic E-state index is 2.61. The zero-order valence-corrected chi connectivity index (χ0v) is 35.1. The summed E-state index contributed by atoms with van der Waals surface area (Å²) in [4.78, 5) is 0. The Morgan fingerprint density at radius 1 is 0.328 bits per heavy atom. The second-order valence-corrected chi connectivity index (χ2v) is 18.2. The van der Waals surface area contributed by atoms with E-state index >= 15 is 0 Å². The van der Waals surface area contributed by atoms with Gasteiger partial charge < -0.3 is 9.13 Å². The van der Waals surface area contributed by atoms with Crippen molar-refractivity contribution in [3.05, 3.63) is 268 Å². The van der Waals surface area contributed by atoms with Crippen LogP contribution in [0.5, 0.6) is 0 Å². The van der Waals surface area contributed by atoms with Crippen LogP contribution in [-0.4, -0.2) is 9.13 Å². The fourth-order valence-corrected chi connectivity index (χ4v) is 13.3. The van der Waals surface area contributed by atoms with Gasteiger partial charge in [-0.25, -0.2) is 0 Å². The number of aromatic nitrogens is 2. The standard InChI is InChI=1S/C62H40N2/c1-9-25-49-41(17-1)42-18-2-10-26-50(42)61(49)53-35-33-40(64-59-31-15-7-23-47(59)48-24-8-16-32-60(48)64)38-56(53)62(51-27-11-3-19-43(51)44-20-4-12-28-52(44)62)54-36-34-39(37-55(54)61)63-57-29-13-5-21-45(57)46-22-6-14-30-58(46)63/h1-11,13-27,29-38H,12,28H2. The molecule has 2 heteroatoms. The number of para-hydroxylation sites is 4. The average molecular weight is 813 g/mol. The summed E-state index contributed by atoms with van der Waals surface area (Å²) in [6.07, 6.45) is 6.83. The number of hydrogen-bond donors (Lipinski definition) is 0. The molecule has 4 aliphatic rings. The summed E-state index contributed by atoms with van der Waals surface area (Å²) in [7, 11) is 0. The number of fused-ring (bicyclic) bond motifs is 21. The van der Waals surface area contributed by atoms with Gasteiger partial charge in [0.15, 0.2) is 0 Å². The molecule has 2 spiro atoms. The van der Waals surface area contributed by atoms with E-state index in [1.165, 1.54) is 122 Å². The molecular weight excluding hydrogens is 773 g/mol. The van der Waals surface area contributed by atoms with Crippen LogP contribution in [0.4, 0.5) is 0 Å². The predicted molar refractivity (Wildman–Crippen MR) is 264 cm³/mol. The molecule has 1 unspecified atom stereocenters. The molecule has 9 aromatic carbocycles. The minimum Gasteiger partial charge on any atom is -0.309 e. The molecule has 0 N–H and O–H groups in total. The van der Waals surface area contributed by atoms with E-state index in [9.17, 15) is 0 Å². The van der Waals surface area contributed by atoms with Crippen LogP contribution in [0.25, 0.3) is 71.7 Å². The SMILES string of the molecule is C1=CC2=C(CC1)C1(c3ccccc32)c2cc(-n3c4ccccc4c4ccccc43)ccc2C2(c3ccccc3-c3ccccc32)c2cc(-n3c4ccccc4c4ccccc43)ccc21. The lowest BCUT2D eigenvalue weighted by molar-refractivity contribution is 0.605. The van der Waals surface area contributed by atoms with Gasteiger partial charge in [-0.3, -0.25) is 0 Å². The smallest absolute Gasteiger partial charge is 0.0720 e. The molecule has 64 heavy (non-hydrogen) atoms. The van der Waals surface area contributed by atoms with Crippen molar-refractivity contribution in [2.45, 2.75) is 23.7 Å². The number of benzene rings is 9. The first-order valence-electron chi connectivity index (χ1n) is 22.7. The van der Waals surface area contributed by atoms with Crippen molar-refractivity contribution in [2.75, 3.05) is 0 Å². The van der Waals surface area contributed by atoms with Crippen molar-refractivity contribution in [3.63, 3.8) is 0 Å². The fourth-order valence-electron chi connectivity index (χ4n) is 13.3. The fraction of sp³-hybridized carbons (Fsp3) is 0.0645. The number of allylic oxidation sites excluding steroid dienone is 4. The summed E-state index contributed by atoms with van der Waals surface area (Å²) in [6.45, 7) is 0. The number of nitrogens with zero attached hydrogens (tertiary/aromatic N) is 2. The zero-order valence-electron chi connectivity index (χ0n) is 35.1. The van der Waals surface area contributed by atoms with Crippen LogP contribution in [-0.2, 0) is 10.8 Å². The van der Waals surface area contributed by atoms with E-state index in [2.05, 4.69) is 228 Å². The Morgan fingerprint density at radius 2 is 0.719 bits per heavy atom. The first kappa shape index (κ1) is 34.6. The van der Waals surface area contributed by atoms with Gasteiger partial charge in [0.25, 0.3) is 0 Å². The Morgan fingerprint density at radius 3 is 1.22 bits per heavy atom. The normalized spacial score (nSPS) is 17.3. The molecule has 0 amide bonds. The van der Waals surface area contributed by atoms with Crippen molar-refractivity contribution >= 4 is 49.2 Å². The van der Waals surface area contributed by atoms with Crippen LogP contribution < -0.4 is 0 Å². The minimum absolute atomic E-state index is 0.535. The number of hydrogen-bond acceptors (Lipinski definition) is 0. The molecule has 0 bridgehead atoms. The van der Waals surface area contributed by atoms with Crippen LogP contribution in [0.15, 0.2) is 224 Å². The van der Waals surface area contributed by atoms with Crippen molar-refractivity contribution in [2.24, 2.45) is 0 Å². The lowest BCUT2D eigenvalue weighted by Crippen LogP contribution is -2.44. The minimum atomic E-state index is -0.597. The lowest BCUT2D eigenvalue weighted by Gasteiger charge is -2.50. The van der Waals surface area contributed by atoms with Crippen molar-refractivity contribution in [1.29, 1.82) is 0 Å². The highest BCUT2D eigenvalue weighted by molar-refractivity contribution is 6.10. The summed E-state index contributed by atoms with van der Waals surface area (Å²) in [6, 6.07) is 78.7. The molecule has 0 aliphatic heterocycles. The van der Waals surface area contributed by atoms with E-state index in [0.29, 0.717) is 0 Å². The maximum Gasteiger partial charge on any atom is 0.0720 e. The molecule has 11 aromatic rings. The van der Waals surface area contributed by atoms with E-state index < -0.39 is 10.8 Å². The van der Waals surface area contributed by atoms with E-state index in [1.807, 2.05) is 0 Å². The second-order valence-electron chi connectivity index (χ2n) is 18.2. The molecule has 298 valence electrons. The third-order valence-corrected chi connectivity index (χ3v) is 15.5. The second kappa shape index (κ2) is 12.4. The molecule has 0 fully saturated rings. The summed E-state index contributed by atoms with van der Waals surface area (Å²) in [5.41, 5.74) is 22.6. The largest absolute Gasteiger partial charge is 0.309 e. The Labute approximate surface area is 371 Å². The first-order chi connectivity index (χ1) is 31.8. The van der Waals surface area contributed by atoms with Gasteiger partial charge in [0.2, 0.25) is 0 Å². The molecule has 1 atom stereocenters. The number of rotatable bonds is 2. The topological polar surface area (TPSA) is 9.86 Å². The van der Waals surface area contributed by atoms with Crippen molar-refractivity contribution in [3.8, 4) is 22.5 Å². The van der Waals surface area contributed by atoms with Crippen molar-refractivity contribution in [1.82, 2.24) is 9.13 Å². The summed E-state index contributed by atoms with van der Waals surface area (Å²) >= 11 is 0. The Balaban J connectivity index is 1.15. The summed E-state index contributed by atoms with van der Waals surface area (Å²) in [5, 5.41) is 5.10. The molecule has 0 saturated heterocycles. The monoisotopic (exact) mass is 812 g/mol. The first-order valence-corrected chi connectivity index (χ1v) is 22.7. The van der Waals surface area contributed by atoms with Gasteiger partial charge in [-0.1, -0.05) is 170 Å². The van der Waals surface area contributed by atoms with Gasteiger partial charge in [0.05, 0.1) is 32.9 Å². The van der Waals surface area contributed by atoms with Gasteiger partial charge in [0.1, 0.15) is 0 Å². The van der Waals surface area contributed by atoms with Gasteiger partial charge in [-0.05, 0) is 128 Å². The van der Waals surface area contributed by atoms with Crippen LogP contribution in [0.2, 0.25) is 0 Å². The summed E-state index contributed by atoms with van der Waals surface area (Å²) in [5.74, 6) is 0. The Hall–Kier alpha value is -7.94. The van der Waals surface area contributed by atoms with Crippen LogP contribution >= 0.6 is 0 Å². The molecule has 2 nitrogen and oxygen atoms in total. The highest BCUT2D eigenvalue weighted by Crippen LogP contribution is 2.68. The molecule has 0 saturated carbocycles. The van der Waals surface area contributed by atoms with Crippen LogP contribution in [0.1, 0.15) is 57.3 Å². The third-order valence-electron chi connectivity index (χ3n) is 15.5. The molecule has 0 radical (unpaired) electrons. The molecular formula is C62H40N2. The predicted octanol–water partition coefficient (Wildman–Crippen LogP) is 15.0. The molecule has 2 aromatic heterocycles. The van der Waals surface area contributed by atoms with Gasteiger partial charge in [-0.2, -0.15) is 0 Å². The third kappa shape index (κ3) is 4.04. The van der Waals surface area contributed by atoms with Gasteiger partial charge in [-0.15, -0.1) is 0 Å². The molecule has 2 heterocycles. The lowest BCUT2D eigenvalue weighted by atomic mass is 9.51. The van der Waals surface area contributed by atoms with E-state index in [4.69, 9.17) is 0 Å². The van der Waals surface area contributed by atoms with E-state index in [1.54, 1.807) is 0 Å². The van der Waals surface area contributed by atoms with Crippen LogP contribution in [0, 0.1) is 0 Å². The maximum atomic E-state index is 2.61. The molecule has 4 aliphatic carbocycles. The quantitative estimate of drug-likeness (QED) is 0.165. The van der Waals surface area contributed by atoms with Gasteiger partial charge in [0, 0.05) is 32.9 Å². The Kier molecular flexibility index (Phi) is 6.69. The van der Waals surface area contributed by atoms with E-state index in [-0.39, 0.29) is 0 Å². The zero-order chi connectivity index (χ0) is 41.7.